The van der Waals surface area contributed by atoms with E-state index in [1.54, 1.807) is 12.1 Å². The Labute approximate surface area is 142 Å². The SMILES string of the molecule is CC(C)(C)Oc1ccc(CC(C(N)=O)c2ccc(Cl)cc2)cc1. The van der Waals surface area contributed by atoms with E-state index < -0.39 is 0 Å². The monoisotopic (exact) mass is 331 g/mol. The summed E-state index contributed by atoms with van der Waals surface area (Å²) >= 11 is 5.90. The van der Waals surface area contributed by atoms with Crippen LogP contribution in [0.1, 0.15) is 37.8 Å². The van der Waals surface area contributed by atoms with Gasteiger partial charge in [0, 0.05) is 5.02 Å². The molecule has 1 amide bonds. The lowest BCUT2D eigenvalue weighted by Gasteiger charge is -2.21. The second-order valence-corrected chi connectivity index (χ2v) is 7.01. The van der Waals surface area contributed by atoms with Crippen LogP contribution >= 0.6 is 11.6 Å². The molecule has 0 aliphatic heterocycles. The molecule has 0 aromatic heterocycles. The molecule has 0 radical (unpaired) electrons. The number of hydrogen-bond acceptors (Lipinski definition) is 2. The lowest BCUT2D eigenvalue weighted by atomic mass is 9.91. The summed E-state index contributed by atoms with van der Waals surface area (Å²) in [5.41, 5.74) is 7.24. The Morgan fingerprint density at radius 1 is 1.09 bits per heavy atom. The van der Waals surface area contributed by atoms with Crippen molar-refractivity contribution in [3.05, 3.63) is 64.7 Å². The lowest BCUT2D eigenvalue weighted by molar-refractivity contribution is -0.119. The topological polar surface area (TPSA) is 52.3 Å². The summed E-state index contributed by atoms with van der Waals surface area (Å²) in [6, 6.07) is 15.0. The predicted octanol–water partition coefficient (Wildman–Crippen LogP) is 4.33. The number of hydrogen-bond donors (Lipinski definition) is 1. The van der Waals surface area contributed by atoms with Gasteiger partial charge in [-0.25, -0.2) is 0 Å². The molecule has 0 aliphatic carbocycles. The molecule has 0 heterocycles. The molecule has 2 rings (SSSR count). The molecule has 23 heavy (non-hydrogen) atoms. The molecule has 3 nitrogen and oxygen atoms in total. The van der Waals surface area contributed by atoms with Gasteiger partial charge in [-0.05, 0) is 62.6 Å². The van der Waals surface area contributed by atoms with Crippen molar-refractivity contribution in [3.8, 4) is 5.75 Å². The number of ether oxygens (including phenoxy) is 1. The van der Waals surface area contributed by atoms with Gasteiger partial charge in [-0.3, -0.25) is 4.79 Å². The van der Waals surface area contributed by atoms with Crippen molar-refractivity contribution in [2.24, 2.45) is 5.73 Å². The highest BCUT2D eigenvalue weighted by atomic mass is 35.5. The van der Waals surface area contributed by atoms with Crippen LogP contribution in [0.3, 0.4) is 0 Å². The van der Waals surface area contributed by atoms with Gasteiger partial charge in [0.1, 0.15) is 11.4 Å². The minimum absolute atomic E-state index is 0.236. The second kappa shape index (κ2) is 7.05. The molecule has 0 saturated carbocycles. The van der Waals surface area contributed by atoms with Crippen LogP contribution in [0.15, 0.2) is 48.5 Å². The largest absolute Gasteiger partial charge is 0.488 e. The molecule has 2 aromatic carbocycles. The minimum Gasteiger partial charge on any atom is -0.488 e. The zero-order chi connectivity index (χ0) is 17.0. The van der Waals surface area contributed by atoms with E-state index in [2.05, 4.69) is 0 Å². The van der Waals surface area contributed by atoms with Crippen LogP contribution in [-0.2, 0) is 11.2 Å². The van der Waals surface area contributed by atoms with Crippen LogP contribution in [0.25, 0.3) is 0 Å². The van der Waals surface area contributed by atoms with Crippen LogP contribution in [-0.4, -0.2) is 11.5 Å². The molecule has 1 unspecified atom stereocenters. The number of halogens is 1. The molecule has 122 valence electrons. The average Bonchev–Trinajstić information content (AvgIpc) is 2.46. The van der Waals surface area contributed by atoms with Crippen molar-refractivity contribution in [2.45, 2.75) is 38.7 Å². The number of nitrogens with two attached hydrogens (primary N) is 1. The van der Waals surface area contributed by atoms with E-state index in [-0.39, 0.29) is 17.4 Å². The Morgan fingerprint density at radius 2 is 1.65 bits per heavy atom. The quantitative estimate of drug-likeness (QED) is 0.886. The van der Waals surface area contributed by atoms with Gasteiger partial charge in [-0.2, -0.15) is 0 Å². The van der Waals surface area contributed by atoms with Gasteiger partial charge in [0.2, 0.25) is 5.91 Å². The number of amides is 1. The number of carbonyl (C=O) groups excluding carboxylic acids is 1. The Kier molecular flexibility index (Phi) is 5.32. The molecular weight excluding hydrogens is 310 g/mol. The summed E-state index contributed by atoms with van der Waals surface area (Å²) in [6.45, 7) is 6.01. The third-order valence-corrected chi connectivity index (χ3v) is 3.66. The van der Waals surface area contributed by atoms with E-state index >= 15 is 0 Å². The zero-order valence-corrected chi connectivity index (χ0v) is 14.4. The van der Waals surface area contributed by atoms with Gasteiger partial charge < -0.3 is 10.5 Å². The molecule has 0 spiro atoms. The molecule has 0 saturated heterocycles. The van der Waals surface area contributed by atoms with Crippen LogP contribution in [0.4, 0.5) is 0 Å². The molecule has 0 fully saturated rings. The highest BCUT2D eigenvalue weighted by molar-refractivity contribution is 6.30. The van der Waals surface area contributed by atoms with Gasteiger partial charge >= 0.3 is 0 Å². The molecule has 0 aliphatic rings. The third-order valence-electron chi connectivity index (χ3n) is 3.40. The van der Waals surface area contributed by atoms with Gasteiger partial charge in [0.25, 0.3) is 0 Å². The highest BCUT2D eigenvalue weighted by Gasteiger charge is 2.19. The number of primary amides is 1. The molecule has 1 atom stereocenters. The first-order chi connectivity index (χ1) is 10.7. The van der Waals surface area contributed by atoms with Crippen molar-refractivity contribution >= 4 is 17.5 Å². The van der Waals surface area contributed by atoms with E-state index in [0.29, 0.717) is 11.4 Å². The van der Waals surface area contributed by atoms with Gasteiger partial charge in [-0.15, -0.1) is 0 Å². The summed E-state index contributed by atoms with van der Waals surface area (Å²) in [4.78, 5) is 11.8. The fourth-order valence-electron chi connectivity index (χ4n) is 2.36. The molecule has 2 N–H and O–H groups in total. The predicted molar refractivity (Wildman–Crippen MR) is 93.9 cm³/mol. The van der Waals surface area contributed by atoms with Crippen LogP contribution in [0.2, 0.25) is 5.02 Å². The summed E-state index contributed by atoms with van der Waals surface area (Å²) in [6.07, 6.45) is 0.548. The fraction of sp³-hybridized carbons (Fsp3) is 0.316. The maximum atomic E-state index is 11.8. The van der Waals surface area contributed by atoms with Crippen molar-refractivity contribution in [1.29, 1.82) is 0 Å². The van der Waals surface area contributed by atoms with Crippen molar-refractivity contribution in [3.63, 3.8) is 0 Å². The van der Waals surface area contributed by atoms with Gasteiger partial charge in [0.05, 0.1) is 5.92 Å². The van der Waals surface area contributed by atoms with Gasteiger partial charge in [-0.1, -0.05) is 35.9 Å². The van der Waals surface area contributed by atoms with E-state index in [4.69, 9.17) is 22.1 Å². The van der Waals surface area contributed by atoms with Crippen molar-refractivity contribution < 1.29 is 9.53 Å². The number of benzene rings is 2. The normalized spacial score (nSPS) is 12.7. The molecular formula is C19H22ClNO2. The summed E-state index contributed by atoms with van der Waals surface area (Å²) in [7, 11) is 0. The molecule has 0 bridgehead atoms. The zero-order valence-electron chi connectivity index (χ0n) is 13.7. The Balaban J connectivity index is 2.14. The Morgan fingerprint density at radius 3 is 2.13 bits per heavy atom. The second-order valence-electron chi connectivity index (χ2n) is 6.57. The van der Waals surface area contributed by atoms with E-state index in [1.165, 1.54) is 0 Å². The lowest BCUT2D eigenvalue weighted by Crippen LogP contribution is -2.23. The van der Waals surface area contributed by atoms with Gasteiger partial charge in [0.15, 0.2) is 0 Å². The van der Waals surface area contributed by atoms with E-state index in [1.807, 2.05) is 57.2 Å². The molecule has 4 heteroatoms. The highest BCUT2D eigenvalue weighted by Crippen LogP contribution is 2.24. The Hall–Kier alpha value is -2.00. The standard InChI is InChI=1S/C19H22ClNO2/c1-19(2,3)23-16-10-4-13(5-11-16)12-17(18(21)22)14-6-8-15(20)9-7-14/h4-11,17H,12H2,1-3H3,(H2,21,22). The maximum absolute atomic E-state index is 11.8. The van der Waals surface area contributed by atoms with Crippen LogP contribution in [0.5, 0.6) is 5.75 Å². The van der Waals surface area contributed by atoms with E-state index in [9.17, 15) is 4.79 Å². The maximum Gasteiger partial charge on any atom is 0.225 e. The third kappa shape index (κ3) is 5.29. The first-order valence-electron chi connectivity index (χ1n) is 7.57. The van der Waals surface area contributed by atoms with E-state index in [0.717, 1.165) is 16.9 Å². The number of rotatable bonds is 5. The van der Waals surface area contributed by atoms with Crippen molar-refractivity contribution in [2.75, 3.05) is 0 Å². The average molecular weight is 332 g/mol. The van der Waals surface area contributed by atoms with Crippen LogP contribution < -0.4 is 10.5 Å². The summed E-state index contributed by atoms with van der Waals surface area (Å²) in [5.74, 6) is 0.0901. The smallest absolute Gasteiger partial charge is 0.225 e. The first kappa shape index (κ1) is 17.4. The Bertz CT molecular complexity index is 657. The van der Waals surface area contributed by atoms with Crippen LogP contribution in [0, 0.1) is 0 Å². The number of carbonyl (C=O) groups is 1. The molecule has 2 aromatic rings. The van der Waals surface area contributed by atoms with Crippen molar-refractivity contribution in [1.82, 2.24) is 0 Å². The fourth-order valence-corrected chi connectivity index (χ4v) is 2.49. The minimum atomic E-state index is -0.373. The summed E-state index contributed by atoms with van der Waals surface area (Å²) < 4.78 is 5.80. The first-order valence-corrected chi connectivity index (χ1v) is 7.95. The summed E-state index contributed by atoms with van der Waals surface area (Å²) in [5, 5.41) is 0.639.